The molecule has 6 heteroatoms. The Morgan fingerprint density at radius 3 is 2.86 bits per heavy atom. The van der Waals surface area contributed by atoms with Gasteiger partial charge in [-0.25, -0.2) is 9.67 Å². The second-order valence-corrected chi connectivity index (χ2v) is 5.55. The quantitative estimate of drug-likeness (QED) is 0.865. The lowest BCUT2D eigenvalue weighted by molar-refractivity contribution is 0.0672. The van der Waals surface area contributed by atoms with E-state index in [1.54, 1.807) is 13.4 Å². The van der Waals surface area contributed by atoms with Gasteiger partial charge in [-0.15, -0.1) is 0 Å². The molecular weight excluding hydrogens is 280 g/mol. The predicted octanol–water partition coefficient (Wildman–Crippen LogP) is 1.90. The van der Waals surface area contributed by atoms with Crippen LogP contribution in [0, 0.1) is 0 Å². The average molecular weight is 300 g/mol. The fourth-order valence-electron chi connectivity index (χ4n) is 2.85. The Bertz CT molecular complexity index is 610. The lowest BCUT2D eigenvalue weighted by atomic mass is 10.0. The molecule has 0 spiro atoms. The predicted molar refractivity (Wildman–Crippen MR) is 81.4 cm³/mol. The number of benzene rings is 1. The summed E-state index contributed by atoms with van der Waals surface area (Å²) in [4.78, 5) is 18.5. The number of carbonyl (C=O) groups excluding carboxylic acids is 1. The van der Waals surface area contributed by atoms with Gasteiger partial charge in [0.15, 0.2) is 0 Å². The molecule has 1 atom stereocenters. The maximum Gasteiger partial charge on any atom is 0.253 e. The number of amides is 1. The standard InChI is InChI=1S/C16H20N4O2/c1-22-10-13-4-6-14(7-5-13)16(21)19-8-2-3-15(9-19)20-12-17-11-18-20/h4-7,11-12,15H,2-3,8-10H2,1H3/t15-/m0/s1. The number of hydrogen-bond donors (Lipinski definition) is 0. The monoisotopic (exact) mass is 300 g/mol. The van der Waals surface area contributed by atoms with Crippen LogP contribution >= 0.6 is 0 Å². The summed E-state index contributed by atoms with van der Waals surface area (Å²) in [5.41, 5.74) is 1.79. The molecule has 0 radical (unpaired) electrons. The molecule has 1 aromatic carbocycles. The van der Waals surface area contributed by atoms with Gasteiger partial charge in [0.1, 0.15) is 12.7 Å². The van der Waals surface area contributed by atoms with Crippen molar-refractivity contribution in [3.63, 3.8) is 0 Å². The summed E-state index contributed by atoms with van der Waals surface area (Å²) in [5, 5.41) is 4.19. The SMILES string of the molecule is COCc1ccc(C(=O)N2CCC[C@H](n3cncn3)C2)cc1. The van der Waals surface area contributed by atoms with Crippen LogP contribution in [-0.2, 0) is 11.3 Å². The minimum absolute atomic E-state index is 0.0776. The molecule has 1 aromatic heterocycles. The number of carbonyl (C=O) groups is 1. The van der Waals surface area contributed by atoms with Crippen molar-refractivity contribution in [1.29, 1.82) is 0 Å². The van der Waals surface area contributed by atoms with Gasteiger partial charge < -0.3 is 9.64 Å². The second-order valence-electron chi connectivity index (χ2n) is 5.55. The van der Waals surface area contributed by atoms with E-state index in [0.717, 1.165) is 30.5 Å². The number of rotatable bonds is 4. The zero-order valence-corrected chi connectivity index (χ0v) is 12.7. The Morgan fingerprint density at radius 2 is 2.18 bits per heavy atom. The minimum Gasteiger partial charge on any atom is -0.380 e. The number of methoxy groups -OCH3 is 1. The van der Waals surface area contributed by atoms with Crippen LogP contribution in [0.15, 0.2) is 36.9 Å². The fourth-order valence-corrected chi connectivity index (χ4v) is 2.85. The molecule has 0 aliphatic carbocycles. The highest BCUT2D eigenvalue weighted by Crippen LogP contribution is 2.22. The third kappa shape index (κ3) is 3.17. The van der Waals surface area contributed by atoms with Gasteiger partial charge >= 0.3 is 0 Å². The molecule has 0 N–H and O–H groups in total. The summed E-state index contributed by atoms with van der Waals surface area (Å²) in [6.45, 7) is 2.04. The van der Waals surface area contributed by atoms with Gasteiger partial charge in [0, 0.05) is 25.8 Å². The molecular formula is C16H20N4O2. The van der Waals surface area contributed by atoms with Crippen molar-refractivity contribution in [2.24, 2.45) is 0 Å². The van der Waals surface area contributed by atoms with E-state index in [2.05, 4.69) is 10.1 Å². The summed E-state index contributed by atoms with van der Waals surface area (Å²) >= 11 is 0. The van der Waals surface area contributed by atoms with Crippen molar-refractivity contribution < 1.29 is 9.53 Å². The fraction of sp³-hybridized carbons (Fsp3) is 0.438. The van der Waals surface area contributed by atoms with Crippen LogP contribution in [0.3, 0.4) is 0 Å². The average Bonchev–Trinajstić information content (AvgIpc) is 3.10. The van der Waals surface area contributed by atoms with Crippen molar-refractivity contribution in [3.8, 4) is 0 Å². The second kappa shape index (κ2) is 6.70. The van der Waals surface area contributed by atoms with E-state index in [4.69, 9.17) is 4.74 Å². The minimum atomic E-state index is 0.0776. The zero-order chi connectivity index (χ0) is 15.4. The number of hydrogen-bond acceptors (Lipinski definition) is 4. The molecule has 2 aromatic rings. The summed E-state index contributed by atoms with van der Waals surface area (Å²) in [6, 6.07) is 7.84. The van der Waals surface area contributed by atoms with Crippen LogP contribution < -0.4 is 0 Å². The maximum atomic E-state index is 12.6. The molecule has 0 unspecified atom stereocenters. The van der Waals surface area contributed by atoms with Crippen LogP contribution in [0.5, 0.6) is 0 Å². The van der Waals surface area contributed by atoms with E-state index < -0.39 is 0 Å². The van der Waals surface area contributed by atoms with E-state index >= 15 is 0 Å². The summed E-state index contributed by atoms with van der Waals surface area (Å²) in [5.74, 6) is 0.0776. The Kier molecular flexibility index (Phi) is 4.48. The van der Waals surface area contributed by atoms with Gasteiger partial charge in [0.2, 0.25) is 0 Å². The van der Waals surface area contributed by atoms with Crippen LogP contribution in [0.1, 0.15) is 34.8 Å². The first kappa shape index (κ1) is 14.7. The topological polar surface area (TPSA) is 60.2 Å². The Balaban J connectivity index is 1.68. The van der Waals surface area contributed by atoms with Crippen molar-refractivity contribution in [3.05, 3.63) is 48.0 Å². The largest absolute Gasteiger partial charge is 0.380 e. The van der Waals surface area contributed by atoms with Gasteiger partial charge in [0.25, 0.3) is 5.91 Å². The van der Waals surface area contributed by atoms with E-state index in [9.17, 15) is 4.79 Å². The molecule has 1 aliphatic rings. The van der Waals surface area contributed by atoms with Crippen molar-refractivity contribution in [2.45, 2.75) is 25.5 Å². The Labute approximate surface area is 129 Å². The van der Waals surface area contributed by atoms with Crippen molar-refractivity contribution in [2.75, 3.05) is 20.2 Å². The highest BCUT2D eigenvalue weighted by Gasteiger charge is 2.25. The normalized spacial score (nSPS) is 18.4. The van der Waals surface area contributed by atoms with Gasteiger partial charge in [-0.2, -0.15) is 5.10 Å². The molecule has 2 heterocycles. The number of nitrogens with zero attached hydrogens (tertiary/aromatic N) is 4. The maximum absolute atomic E-state index is 12.6. The lowest BCUT2D eigenvalue weighted by Crippen LogP contribution is -2.40. The molecule has 22 heavy (non-hydrogen) atoms. The van der Waals surface area contributed by atoms with E-state index in [1.165, 1.54) is 6.33 Å². The van der Waals surface area contributed by atoms with Crippen LogP contribution in [0.25, 0.3) is 0 Å². The highest BCUT2D eigenvalue weighted by molar-refractivity contribution is 5.94. The van der Waals surface area contributed by atoms with Crippen LogP contribution in [-0.4, -0.2) is 45.8 Å². The zero-order valence-electron chi connectivity index (χ0n) is 12.7. The number of likely N-dealkylation sites (tertiary alicyclic amines) is 1. The molecule has 1 amide bonds. The third-order valence-electron chi connectivity index (χ3n) is 4.01. The van der Waals surface area contributed by atoms with Crippen LogP contribution in [0.2, 0.25) is 0 Å². The summed E-state index contributed by atoms with van der Waals surface area (Å²) in [7, 11) is 1.66. The molecule has 3 rings (SSSR count). The Hall–Kier alpha value is -2.21. The first-order valence-corrected chi connectivity index (χ1v) is 7.49. The van der Waals surface area contributed by atoms with Gasteiger partial charge in [0.05, 0.1) is 12.6 Å². The molecule has 1 aliphatic heterocycles. The molecule has 116 valence electrons. The molecule has 1 saturated heterocycles. The number of aromatic nitrogens is 3. The van der Waals surface area contributed by atoms with Gasteiger partial charge in [-0.05, 0) is 30.5 Å². The van der Waals surface area contributed by atoms with Gasteiger partial charge in [-0.3, -0.25) is 4.79 Å². The van der Waals surface area contributed by atoms with E-state index in [1.807, 2.05) is 33.8 Å². The molecule has 0 saturated carbocycles. The van der Waals surface area contributed by atoms with Crippen molar-refractivity contribution in [1.82, 2.24) is 19.7 Å². The van der Waals surface area contributed by atoms with Crippen molar-refractivity contribution >= 4 is 5.91 Å². The Morgan fingerprint density at radius 1 is 1.36 bits per heavy atom. The highest BCUT2D eigenvalue weighted by atomic mass is 16.5. The number of ether oxygens (including phenoxy) is 1. The van der Waals surface area contributed by atoms with Crippen LogP contribution in [0.4, 0.5) is 0 Å². The van der Waals surface area contributed by atoms with E-state index in [-0.39, 0.29) is 11.9 Å². The number of piperidine rings is 1. The third-order valence-corrected chi connectivity index (χ3v) is 4.01. The molecule has 1 fully saturated rings. The molecule has 6 nitrogen and oxygen atoms in total. The first-order valence-electron chi connectivity index (χ1n) is 7.49. The summed E-state index contributed by atoms with van der Waals surface area (Å²) in [6.07, 6.45) is 5.27. The van der Waals surface area contributed by atoms with E-state index in [0.29, 0.717) is 13.2 Å². The summed E-state index contributed by atoms with van der Waals surface area (Å²) < 4.78 is 6.94. The molecule has 0 bridgehead atoms. The smallest absolute Gasteiger partial charge is 0.253 e. The van der Waals surface area contributed by atoms with Gasteiger partial charge in [-0.1, -0.05) is 12.1 Å². The lowest BCUT2D eigenvalue weighted by Gasteiger charge is -2.32. The first-order chi connectivity index (χ1) is 10.8.